The smallest absolute Gasteiger partial charge is 0.275 e. The van der Waals surface area contributed by atoms with Gasteiger partial charge in [-0.15, -0.1) is 4.52 Å². The normalized spacial score (nSPS) is 16.6. The molecule has 1 aliphatic heterocycles. The number of piperazine rings is 1. The number of nitrogens with one attached hydrogen (secondary N) is 2. The summed E-state index contributed by atoms with van der Waals surface area (Å²) in [5, 5.41) is 21.1. The van der Waals surface area contributed by atoms with E-state index in [-0.39, 0.29) is 5.95 Å². The number of fused-ring (bicyclic) bond motifs is 1. The molecule has 11 heteroatoms. The fourth-order valence-corrected chi connectivity index (χ4v) is 3.96. The van der Waals surface area contributed by atoms with Gasteiger partial charge >= 0.3 is 0 Å². The molecule has 1 aromatic carbocycles. The summed E-state index contributed by atoms with van der Waals surface area (Å²) in [5.41, 5.74) is 2.35. The van der Waals surface area contributed by atoms with Crippen LogP contribution in [0.15, 0.2) is 18.3 Å². The molecule has 2 N–H and O–H groups in total. The molecule has 0 bridgehead atoms. The van der Waals surface area contributed by atoms with Gasteiger partial charge in [-0.25, -0.2) is 4.98 Å². The monoisotopic (exact) mass is 448 g/mol. The molecule has 162 valence electrons. The van der Waals surface area contributed by atoms with Crippen molar-refractivity contribution in [3.63, 3.8) is 0 Å². The molecule has 0 unspecified atom stereocenters. The lowest BCUT2D eigenvalue weighted by molar-refractivity contribution is 0.313. The summed E-state index contributed by atoms with van der Waals surface area (Å²) >= 11 is 6.78. The van der Waals surface area contributed by atoms with Gasteiger partial charge in [-0.1, -0.05) is 23.3 Å². The molecule has 2 fully saturated rings. The molecule has 3 aromatic rings. The summed E-state index contributed by atoms with van der Waals surface area (Å²) in [6, 6.07) is 6.07. The second-order valence-electron chi connectivity index (χ2n) is 8.05. The number of aromatic nitrogens is 4. The van der Waals surface area contributed by atoms with Crippen LogP contribution in [0.5, 0.6) is 0 Å². The second kappa shape index (κ2) is 8.15. The van der Waals surface area contributed by atoms with Crippen LogP contribution in [0.2, 0.25) is 5.02 Å². The highest BCUT2D eigenvalue weighted by Crippen LogP contribution is 2.36. The van der Waals surface area contributed by atoms with Crippen LogP contribution in [0.1, 0.15) is 18.4 Å². The number of rotatable bonds is 5. The molecule has 5 rings (SSSR count). The van der Waals surface area contributed by atoms with Gasteiger partial charge in [0.05, 0.1) is 34.2 Å². The lowest BCUT2D eigenvalue weighted by atomic mass is 10.1. The summed E-state index contributed by atoms with van der Waals surface area (Å²) in [7, 11) is 2.09. The molecule has 0 atom stereocenters. The quantitative estimate of drug-likeness (QED) is 0.573. The van der Waals surface area contributed by atoms with Gasteiger partial charge < -0.3 is 25.3 Å². The van der Waals surface area contributed by atoms with Crippen LogP contribution in [0, 0.1) is 17.9 Å². The lowest BCUT2D eigenvalue weighted by Crippen LogP contribution is -2.44. The van der Waals surface area contributed by atoms with Crippen LogP contribution in [-0.2, 0) is 0 Å². The van der Waals surface area contributed by atoms with Crippen LogP contribution >= 0.6 is 11.6 Å². The van der Waals surface area contributed by atoms with E-state index >= 15 is 0 Å². The second-order valence-corrected chi connectivity index (χ2v) is 8.43. The van der Waals surface area contributed by atoms with E-state index < -0.39 is 0 Å². The molecule has 0 radical (unpaired) electrons. The summed E-state index contributed by atoms with van der Waals surface area (Å²) in [6.07, 6.45) is 3.62. The Balaban J connectivity index is 1.54. The van der Waals surface area contributed by atoms with Gasteiger partial charge in [0, 0.05) is 32.2 Å². The highest BCUT2D eigenvalue weighted by Gasteiger charge is 2.26. The van der Waals surface area contributed by atoms with E-state index in [0.717, 1.165) is 44.7 Å². The lowest BCUT2D eigenvalue weighted by Gasteiger charge is -2.35. The number of likely N-dealkylation sites (N-methyl/N-ethyl adjacent to an activating group) is 1. The minimum atomic E-state index is 0.268. The van der Waals surface area contributed by atoms with Gasteiger partial charge in [0.1, 0.15) is 0 Å². The largest absolute Gasteiger partial charge is 0.368 e. The van der Waals surface area contributed by atoms with E-state index in [9.17, 15) is 5.26 Å². The third-order valence-electron chi connectivity index (χ3n) is 5.65. The number of nitrogens with zero attached hydrogens (tertiary/aromatic N) is 8. The first kappa shape index (κ1) is 20.3. The Bertz CT molecular complexity index is 1260. The van der Waals surface area contributed by atoms with Crippen molar-refractivity contribution in [2.24, 2.45) is 0 Å². The number of nitriles is 1. The Labute approximate surface area is 190 Å². The first-order chi connectivity index (χ1) is 15.6. The minimum Gasteiger partial charge on any atom is -0.368 e. The first-order valence-electron chi connectivity index (χ1n) is 10.4. The first-order valence-corrected chi connectivity index (χ1v) is 10.8. The van der Waals surface area contributed by atoms with Gasteiger partial charge in [-0.3, -0.25) is 0 Å². The molecule has 1 aliphatic carbocycles. The number of imidazole rings is 1. The maximum Gasteiger partial charge on any atom is 0.275 e. The molecule has 1 saturated carbocycles. The van der Waals surface area contributed by atoms with Crippen molar-refractivity contribution in [1.29, 1.82) is 5.26 Å². The number of hydrogen-bond donors (Lipinski definition) is 2. The molecule has 1 saturated heterocycles. The Hall–Kier alpha value is -3.60. The Kier molecular flexibility index (Phi) is 5.17. The Morgan fingerprint density at radius 1 is 1.25 bits per heavy atom. The third-order valence-corrected chi connectivity index (χ3v) is 6.05. The van der Waals surface area contributed by atoms with E-state index in [2.05, 4.69) is 53.5 Å². The fourth-order valence-electron chi connectivity index (χ4n) is 3.68. The third kappa shape index (κ3) is 3.86. The number of halogens is 1. The molecule has 32 heavy (non-hydrogen) atoms. The van der Waals surface area contributed by atoms with Gasteiger partial charge in [-0.2, -0.15) is 10.2 Å². The number of anilines is 4. The fraction of sp³-hybridized carbons (Fsp3) is 0.381. The predicted molar refractivity (Wildman–Crippen MR) is 123 cm³/mol. The summed E-state index contributed by atoms with van der Waals surface area (Å²) in [5.74, 6) is 1.12. The Morgan fingerprint density at radius 2 is 2.03 bits per heavy atom. The molecule has 2 aromatic heterocycles. The van der Waals surface area contributed by atoms with Crippen molar-refractivity contribution in [2.45, 2.75) is 18.9 Å². The highest BCUT2D eigenvalue weighted by atomic mass is 35.5. The van der Waals surface area contributed by atoms with Gasteiger partial charge in [0.15, 0.2) is 5.82 Å². The van der Waals surface area contributed by atoms with Crippen LogP contribution in [0.3, 0.4) is 0 Å². The standard InChI is InChI=1S/C21H21ClN10/c1-24-17-12-25-20-19(26-14-3-4-14)28-21(29-32(17)20)27-15-9-13(11-23)10-16(18(15)22)31-7-5-30(2)6-8-31/h9-10,12,14H,3-8H2,2H3,(H2,26,27,28,29). The van der Waals surface area contributed by atoms with E-state index in [1.54, 1.807) is 6.07 Å². The average molecular weight is 449 g/mol. The minimum absolute atomic E-state index is 0.268. The van der Waals surface area contributed by atoms with Crippen LogP contribution in [0.25, 0.3) is 10.5 Å². The topological polar surface area (TPSA) is 102 Å². The van der Waals surface area contributed by atoms with Crippen molar-refractivity contribution in [2.75, 3.05) is 48.8 Å². The average Bonchev–Trinajstić information content (AvgIpc) is 3.52. The van der Waals surface area contributed by atoms with Gasteiger partial charge in [0.2, 0.25) is 0 Å². The molecular weight excluding hydrogens is 428 g/mol. The van der Waals surface area contributed by atoms with Crippen molar-refractivity contribution < 1.29 is 0 Å². The van der Waals surface area contributed by atoms with Gasteiger partial charge in [0.25, 0.3) is 17.4 Å². The van der Waals surface area contributed by atoms with E-state index in [4.69, 9.17) is 18.2 Å². The summed E-state index contributed by atoms with van der Waals surface area (Å²) in [6.45, 7) is 10.9. The molecular formula is C21H21ClN10. The maximum absolute atomic E-state index is 9.58. The number of benzene rings is 1. The van der Waals surface area contributed by atoms with E-state index in [0.29, 0.717) is 39.6 Å². The van der Waals surface area contributed by atoms with Crippen molar-refractivity contribution in [3.8, 4) is 6.07 Å². The zero-order chi connectivity index (χ0) is 22.2. The molecule has 0 amide bonds. The van der Waals surface area contributed by atoms with E-state index in [1.165, 1.54) is 10.7 Å². The molecule has 2 aliphatic rings. The van der Waals surface area contributed by atoms with E-state index in [1.807, 2.05) is 6.07 Å². The highest BCUT2D eigenvalue weighted by molar-refractivity contribution is 6.36. The molecule has 10 nitrogen and oxygen atoms in total. The number of hydrogen-bond acceptors (Lipinski definition) is 8. The van der Waals surface area contributed by atoms with Crippen LogP contribution in [-0.4, -0.2) is 63.8 Å². The predicted octanol–water partition coefficient (Wildman–Crippen LogP) is 3.27. The Morgan fingerprint density at radius 3 is 2.72 bits per heavy atom. The van der Waals surface area contributed by atoms with Gasteiger partial charge in [-0.05, 0) is 32.0 Å². The van der Waals surface area contributed by atoms with Crippen LogP contribution < -0.4 is 15.5 Å². The summed E-state index contributed by atoms with van der Waals surface area (Å²) < 4.78 is 1.47. The van der Waals surface area contributed by atoms with Crippen molar-refractivity contribution in [1.82, 2.24) is 24.5 Å². The SMILES string of the molecule is [C-]#[N+]c1cnc2c(NC3CC3)nc(Nc3cc(C#N)cc(N4CCN(C)CC4)c3Cl)nn12. The van der Waals surface area contributed by atoms with Crippen molar-refractivity contribution in [3.05, 3.63) is 40.3 Å². The van der Waals surface area contributed by atoms with Crippen molar-refractivity contribution >= 4 is 46.2 Å². The van der Waals surface area contributed by atoms with Crippen LogP contribution in [0.4, 0.5) is 29.0 Å². The molecule has 0 spiro atoms. The summed E-state index contributed by atoms with van der Waals surface area (Å²) in [4.78, 5) is 16.8. The zero-order valence-corrected chi connectivity index (χ0v) is 18.3. The zero-order valence-electron chi connectivity index (χ0n) is 17.5. The maximum atomic E-state index is 9.58. The molecule has 3 heterocycles.